The zero-order valence-electron chi connectivity index (χ0n) is 17.4. The smallest absolute Gasteiger partial charge is 0.233 e. The van der Waals surface area contributed by atoms with Crippen LogP contribution in [0.25, 0.3) is 5.69 Å². The highest BCUT2D eigenvalue weighted by Gasteiger charge is 2.31. The number of carbonyl (C=O) groups excluding carboxylic acids is 1. The van der Waals surface area contributed by atoms with E-state index in [1.807, 2.05) is 23.1 Å². The number of halogens is 1. The van der Waals surface area contributed by atoms with Crippen molar-refractivity contribution in [3.05, 3.63) is 60.2 Å². The highest BCUT2D eigenvalue weighted by atomic mass is 32.2. The number of para-hydroxylation sites is 1. The van der Waals surface area contributed by atoms with Crippen LogP contribution in [-0.2, 0) is 4.79 Å². The molecule has 0 radical (unpaired) electrons. The Kier molecular flexibility index (Phi) is 5.98. The van der Waals surface area contributed by atoms with Gasteiger partial charge in [-0.3, -0.25) is 9.36 Å². The van der Waals surface area contributed by atoms with E-state index < -0.39 is 0 Å². The Morgan fingerprint density at radius 2 is 1.97 bits per heavy atom. The van der Waals surface area contributed by atoms with Crippen LogP contribution in [0.3, 0.4) is 0 Å². The van der Waals surface area contributed by atoms with Crippen LogP contribution >= 0.6 is 11.8 Å². The SMILES string of the molecule is O=C(CSc1nncn1-c1ccccc1F)N1CCC[C@@H]1c1ccc2c(c1)OCCCO2. The third-order valence-corrected chi connectivity index (χ3v) is 6.61. The van der Waals surface area contributed by atoms with Gasteiger partial charge in [0.15, 0.2) is 16.7 Å². The number of benzene rings is 2. The van der Waals surface area contributed by atoms with Gasteiger partial charge in [0.1, 0.15) is 12.1 Å². The number of fused-ring (bicyclic) bond motifs is 1. The van der Waals surface area contributed by atoms with E-state index in [0.717, 1.165) is 36.3 Å². The highest BCUT2D eigenvalue weighted by Crippen LogP contribution is 2.38. The number of nitrogens with zero attached hydrogens (tertiary/aromatic N) is 4. The summed E-state index contributed by atoms with van der Waals surface area (Å²) in [5, 5.41) is 8.46. The summed E-state index contributed by atoms with van der Waals surface area (Å²) < 4.78 is 27.3. The summed E-state index contributed by atoms with van der Waals surface area (Å²) in [7, 11) is 0. The minimum atomic E-state index is -0.366. The maximum absolute atomic E-state index is 14.2. The zero-order valence-corrected chi connectivity index (χ0v) is 18.3. The Hall–Kier alpha value is -3.07. The molecule has 166 valence electrons. The molecular formula is C23H23FN4O3S. The summed E-state index contributed by atoms with van der Waals surface area (Å²) in [6, 6.07) is 12.4. The first kappa shape index (κ1) is 20.8. The minimum Gasteiger partial charge on any atom is -0.490 e. The highest BCUT2D eigenvalue weighted by molar-refractivity contribution is 7.99. The fourth-order valence-corrected chi connectivity index (χ4v) is 4.95. The first-order chi connectivity index (χ1) is 15.7. The summed E-state index contributed by atoms with van der Waals surface area (Å²) >= 11 is 1.26. The van der Waals surface area contributed by atoms with Crippen molar-refractivity contribution in [1.29, 1.82) is 0 Å². The number of likely N-dealkylation sites (tertiary alicyclic amines) is 1. The van der Waals surface area contributed by atoms with Crippen LogP contribution in [0.15, 0.2) is 53.9 Å². The molecule has 2 aromatic carbocycles. The number of amides is 1. The molecule has 0 N–H and O–H groups in total. The maximum atomic E-state index is 14.2. The van der Waals surface area contributed by atoms with E-state index in [-0.39, 0.29) is 23.5 Å². The second kappa shape index (κ2) is 9.20. The Morgan fingerprint density at radius 1 is 1.12 bits per heavy atom. The maximum Gasteiger partial charge on any atom is 0.233 e. The summed E-state index contributed by atoms with van der Waals surface area (Å²) in [5.74, 6) is 1.35. The molecule has 0 spiro atoms. The molecule has 1 atom stereocenters. The molecule has 0 bridgehead atoms. The van der Waals surface area contributed by atoms with E-state index in [1.165, 1.54) is 24.2 Å². The molecule has 7 nitrogen and oxygen atoms in total. The van der Waals surface area contributed by atoms with E-state index >= 15 is 0 Å². The zero-order chi connectivity index (χ0) is 21.9. The number of aromatic nitrogens is 3. The molecule has 2 aliphatic heterocycles. The molecule has 5 rings (SSSR count). The Bertz CT molecular complexity index is 1120. The van der Waals surface area contributed by atoms with E-state index in [0.29, 0.717) is 30.6 Å². The Balaban J connectivity index is 1.29. The summed E-state index contributed by atoms with van der Waals surface area (Å²) in [6.45, 7) is 1.98. The number of carbonyl (C=O) groups is 1. The standard InChI is InChI=1S/C23H23FN4O3S/c24-17-5-1-2-6-19(17)28-15-25-26-23(28)32-14-22(29)27-10-3-7-18(27)16-8-9-20-21(13-16)31-12-4-11-30-20/h1-2,5-6,8-9,13,15,18H,3-4,7,10-12,14H2/t18-/m1/s1. The molecule has 1 amide bonds. The van der Waals surface area contributed by atoms with E-state index in [9.17, 15) is 9.18 Å². The van der Waals surface area contributed by atoms with Crippen LogP contribution in [0.5, 0.6) is 11.5 Å². The normalized spacial score (nSPS) is 17.9. The third-order valence-electron chi connectivity index (χ3n) is 5.68. The number of hydrogen-bond donors (Lipinski definition) is 0. The summed E-state index contributed by atoms with van der Waals surface area (Å²) in [5.41, 5.74) is 1.42. The van der Waals surface area contributed by atoms with E-state index in [1.54, 1.807) is 22.8 Å². The van der Waals surface area contributed by atoms with Crippen molar-refractivity contribution in [3.63, 3.8) is 0 Å². The number of ether oxygens (including phenoxy) is 2. The largest absolute Gasteiger partial charge is 0.490 e. The van der Waals surface area contributed by atoms with E-state index in [4.69, 9.17) is 9.47 Å². The molecule has 2 aliphatic rings. The molecular weight excluding hydrogens is 431 g/mol. The van der Waals surface area contributed by atoms with Crippen molar-refractivity contribution in [3.8, 4) is 17.2 Å². The lowest BCUT2D eigenvalue weighted by Gasteiger charge is -2.25. The fraction of sp³-hybridized carbons (Fsp3) is 0.348. The minimum absolute atomic E-state index is 0.00434. The average Bonchev–Trinajstić information content (AvgIpc) is 3.42. The van der Waals surface area contributed by atoms with Crippen LogP contribution < -0.4 is 9.47 Å². The molecule has 0 saturated carbocycles. The first-order valence-electron chi connectivity index (χ1n) is 10.7. The van der Waals surface area contributed by atoms with Crippen LogP contribution in [-0.4, -0.2) is 51.1 Å². The molecule has 0 unspecified atom stereocenters. The lowest BCUT2D eigenvalue weighted by atomic mass is 10.0. The monoisotopic (exact) mass is 454 g/mol. The predicted octanol–water partition coefficient (Wildman–Crippen LogP) is 4.02. The second-order valence-corrected chi connectivity index (χ2v) is 8.67. The van der Waals surface area contributed by atoms with Gasteiger partial charge in [0.25, 0.3) is 0 Å². The van der Waals surface area contributed by atoms with Crippen LogP contribution in [0, 0.1) is 5.82 Å². The molecule has 9 heteroatoms. The first-order valence-corrected chi connectivity index (χ1v) is 11.7. The number of hydrogen-bond acceptors (Lipinski definition) is 6. The molecule has 1 saturated heterocycles. The third kappa shape index (κ3) is 4.17. The number of thioether (sulfide) groups is 1. The quantitative estimate of drug-likeness (QED) is 0.543. The van der Waals surface area contributed by atoms with Gasteiger partial charge in [-0.1, -0.05) is 30.0 Å². The van der Waals surface area contributed by atoms with Gasteiger partial charge in [0.2, 0.25) is 5.91 Å². The van der Waals surface area contributed by atoms with Crippen LogP contribution in [0.4, 0.5) is 4.39 Å². The lowest BCUT2D eigenvalue weighted by Crippen LogP contribution is -2.32. The van der Waals surface area contributed by atoms with Gasteiger partial charge >= 0.3 is 0 Å². The molecule has 1 aromatic heterocycles. The van der Waals surface area contributed by atoms with Crippen molar-refractivity contribution in [2.24, 2.45) is 0 Å². The topological polar surface area (TPSA) is 69.5 Å². The fourth-order valence-electron chi connectivity index (χ4n) is 4.14. The van der Waals surface area contributed by atoms with Crippen molar-refractivity contribution >= 4 is 17.7 Å². The molecule has 32 heavy (non-hydrogen) atoms. The predicted molar refractivity (Wildman–Crippen MR) is 118 cm³/mol. The lowest BCUT2D eigenvalue weighted by molar-refractivity contribution is -0.129. The molecule has 0 aliphatic carbocycles. The molecule has 1 fully saturated rings. The van der Waals surface area contributed by atoms with E-state index in [2.05, 4.69) is 10.2 Å². The van der Waals surface area contributed by atoms with Crippen molar-refractivity contribution in [2.75, 3.05) is 25.5 Å². The van der Waals surface area contributed by atoms with Crippen molar-refractivity contribution < 1.29 is 18.7 Å². The molecule has 3 aromatic rings. The van der Waals surface area contributed by atoms with Gasteiger partial charge < -0.3 is 14.4 Å². The second-order valence-electron chi connectivity index (χ2n) is 7.73. The Morgan fingerprint density at radius 3 is 2.84 bits per heavy atom. The average molecular weight is 455 g/mol. The van der Waals surface area contributed by atoms with Gasteiger partial charge in [-0.25, -0.2) is 4.39 Å². The van der Waals surface area contributed by atoms with Gasteiger partial charge in [-0.2, -0.15) is 0 Å². The number of rotatable bonds is 5. The molecule has 3 heterocycles. The van der Waals surface area contributed by atoms with Crippen molar-refractivity contribution in [2.45, 2.75) is 30.5 Å². The Labute approximate surface area is 189 Å². The van der Waals surface area contributed by atoms with Gasteiger partial charge in [0, 0.05) is 13.0 Å². The summed E-state index contributed by atoms with van der Waals surface area (Å²) in [6.07, 6.45) is 4.16. The van der Waals surface area contributed by atoms with Gasteiger partial charge in [0.05, 0.1) is 30.7 Å². The summed E-state index contributed by atoms with van der Waals surface area (Å²) in [4.78, 5) is 15.0. The van der Waals surface area contributed by atoms with Gasteiger partial charge in [-0.15, -0.1) is 10.2 Å². The van der Waals surface area contributed by atoms with Crippen LogP contribution in [0.2, 0.25) is 0 Å². The van der Waals surface area contributed by atoms with Crippen molar-refractivity contribution in [1.82, 2.24) is 19.7 Å². The van der Waals surface area contributed by atoms with Gasteiger partial charge in [-0.05, 0) is 42.7 Å². The van der Waals surface area contributed by atoms with Crippen LogP contribution in [0.1, 0.15) is 30.9 Å².